The summed E-state index contributed by atoms with van der Waals surface area (Å²) in [5.41, 5.74) is 2.76. The Morgan fingerprint density at radius 1 is 1.28 bits per heavy atom. The molecule has 2 heterocycles. The van der Waals surface area contributed by atoms with Crippen molar-refractivity contribution in [3.05, 3.63) is 63.0 Å². The van der Waals surface area contributed by atoms with Crippen LogP contribution in [0.1, 0.15) is 17.0 Å². The van der Waals surface area contributed by atoms with E-state index in [1.165, 1.54) is 0 Å². The Morgan fingerprint density at radius 2 is 2.04 bits per heavy atom. The number of carbonyl (C=O) groups is 1. The molecule has 3 rings (SSSR count). The SMILES string of the molecule is Cc1nn(CC(=O)Nc2cc(C)n(Cc3ccccc3Cl)n2)cc1Br. The van der Waals surface area contributed by atoms with Crippen LogP contribution in [0.3, 0.4) is 0 Å². The molecule has 25 heavy (non-hydrogen) atoms. The van der Waals surface area contributed by atoms with Crippen LogP contribution in [-0.2, 0) is 17.9 Å². The van der Waals surface area contributed by atoms with E-state index in [1.807, 2.05) is 48.9 Å². The van der Waals surface area contributed by atoms with Gasteiger partial charge in [-0.1, -0.05) is 29.8 Å². The van der Waals surface area contributed by atoms with Crippen molar-refractivity contribution >= 4 is 39.3 Å². The fraction of sp³-hybridized carbons (Fsp3) is 0.235. The molecule has 0 fully saturated rings. The fourth-order valence-electron chi connectivity index (χ4n) is 2.42. The van der Waals surface area contributed by atoms with Crippen molar-refractivity contribution in [3.8, 4) is 0 Å². The van der Waals surface area contributed by atoms with Gasteiger partial charge in [0, 0.05) is 23.0 Å². The number of aryl methyl sites for hydroxylation is 2. The summed E-state index contributed by atoms with van der Waals surface area (Å²) in [5, 5.41) is 12.2. The molecule has 3 aromatic rings. The van der Waals surface area contributed by atoms with Crippen molar-refractivity contribution < 1.29 is 4.79 Å². The lowest BCUT2D eigenvalue weighted by Crippen LogP contribution is -2.19. The van der Waals surface area contributed by atoms with Crippen molar-refractivity contribution in [2.75, 3.05) is 5.32 Å². The molecule has 6 nitrogen and oxygen atoms in total. The number of halogens is 2. The first-order valence-corrected chi connectivity index (χ1v) is 8.87. The zero-order valence-corrected chi connectivity index (χ0v) is 16.2. The molecule has 0 atom stereocenters. The van der Waals surface area contributed by atoms with Crippen LogP contribution in [0.5, 0.6) is 0 Å². The number of carbonyl (C=O) groups excluding carboxylic acids is 1. The van der Waals surface area contributed by atoms with E-state index in [9.17, 15) is 4.79 Å². The van der Waals surface area contributed by atoms with Crippen LogP contribution < -0.4 is 5.32 Å². The zero-order valence-electron chi connectivity index (χ0n) is 13.8. The van der Waals surface area contributed by atoms with E-state index >= 15 is 0 Å². The number of aromatic nitrogens is 4. The lowest BCUT2D eigenvalue weighted by Gasteiger charge is -2.06. The molecule has 2 aromatic heterocycles. The van der Waals surface area contributed by atoms with Crippen molar-refractivity contribution in [2.24, 2.45) is 0 Å². The molecule has 0 aliphatic heterocycles. The number of anilines is 1. The number of hydrogen-bond acceptors (Lipinski definition) is 3. The Bertz CT molecular complexity index is 898. The summed E-state index contributed by atoms with van der Waals surface area (Å²) in [6.07, 6.45) is 1.77. The monoisotopic (exact) mass is 421 g/mol. The van der Waals surface area contributed by atoms with E-state index in [0.29, 0.717) is 17.4 Å². The van der Waals surface area contributed by atoms with E-state index in [4.69, 9.17) is 11.6 Å². The standard InChI is InChI=1S/C17H17BrClN5O/c1-11-7-16(20-17(25)10-23-9-14(18)12(2)21-23)22-24(11)8-13-5-3-4-6-15(13)19/h3-7,9H,8,10H2,1-2H3,(H,20,22,25). The van der Waals surface area contributed by atoms with Crippen molar-refractivity contribution in [1.82, 2.24) is 19.6 Å². The van der Waals surface area contributed by atoms with Crippen LogP contribution in [0.25, 0.3) is 0 Å². The van der Waals surface area contributed by atoms with Crippen LogP contribution in [0.4, 0.5) is 5.82 Å². The molecule has 0 radical (unpaired) electrons. The predicted molar refractivity (Wildman–Crippen MR) is 101 cm³/mol. The lowest BCUT2D eigenvalue weighted by molar-refractivity contribution is -0.116. The minimum absolute atomic E-state index is 0.128. The van der Waals surface area contributed by atoms with Gasteiger partial charge in [-0.15, -0.1) is 0 Å². The first kappa shape index (κ1) is 17.7. The van der Waals surface area contributed by atoms with Crippen LogP contribution in [-0.4, -0.2) is 25.5 Å². The van der Waals surface area contributed by atoms with Gasteiger partial charge in [-0.25, -0.2) is 0 Å². The highest BCUT2D eigenvalue weighted by Crippen LogP contribution is 2.18. The van der Waals surface area contributed by atoms with E-state index in [-0.39, 0.29) is 12.5 Å². The molecular formula is C17H17BrClN5O. The Balaban J connectivity index is 1.67. The summed E-state index contributed by atoms with van der Waals surface area (Å²) in [6.45, 7) is 4.49. The van der Waals surface area contributed by atoms with E-state index in [2.05, 4.69) is 31.4 Å². The topological polar surface area (TPSA) is 64.7 Å². The summed E-state index contributed by atoms with van der Waals surface area (Å²) in [7, 11) is 0. The highest BCUT2D eigenvalue weighted by molar-refractivity contribution is 9.10. The summed E-state index contributed by atoms with van der Waals surface area (Å²) in [5.74, 6) is 0.329. The van der Waals surface area contributed by atoms with E-state index < -0.39 is 0 Å². The Labute approximate surface area is 158 Å². The maximum Gasteiger partial charge on any atom is 0.247 e. The second kappa shape index (κ2) is 7.41. The van der Waals surface area contributed by atoms with Gasteiger partial charge in [-0.2, -0.15) is 10.2 Å². The average Bonchev–Trinajstić information content (AvgIpc) is 3.03. The second-order valence-electron chi connectivity index (χ2n) is 5.73. The molecule has 1 amide bonds. The van der Waals surface area contributed by atoms with Gasteiger partial charge in [-0.3, -0.25) is 14.2 Å². The molecule has 8 heteroatoms. The summed E-state index contributed by atoms with van der Waals surface area (Å²) >= 11 is 9.58. The van der Waals surface area contributed by atoms with Crippen LogP contribution >= 0.6 is 27.5 Å². The number of nitrogens with zero attached hydrogens (tertiary/aromatic N) is 4. The lowest BCUT2D eigenvalue weighted by atomic mass is 10.2. The van der Waals surface area contributed by atoms with Crippen molar-refractivity contribution in [3.63, 3.8) is 0 Å². The Morgan fingerprint density at radius 3 is 2.72 bits per heavy atom. The average molecular weight is 423 g/mol. The number of nitrogens with one attached hydrogen (secondary N) is 1. The predicted octanol–water partition coefficient (Wildman–Crippen LogP) is 3.80. The third-order valence-electron chi connectivity index (χ3n) is 3.72. The molecule has 1 aromatic carbocycles. The normalized spacial score (nSPS) is 10.9. The van der Waals surface area contributed by atoms with Crippen LogP contribution in [0.2, 0.25) is 5.02 Å². The van der Waals surface area contributed by atoms with Gasteiger partial charge in [0.1, 0.15) is 6.54 Å². The van der Waals surface area contributed by atoms with Crippen LogP contribution in [0, 0.1) is 13.8 Å². The molecule has 130 valence electrons. The summed E-state index contributed by atoms with van der Waals surface area (Å²) < 4.78 is 4.27. The maximum atomic E-state index is 12.2. The first-order chi connectivity index (χ1) is 11.9. The molecule has 0 aliphatic rings. The number of benzene rings is 1. The van der Waals surface area contributed by atoms with Gasteiger partial charge < -0.3 is 5.32 Å². The van der Waals surface area contributed by atoms with E-state index in [0.717, 1.165) is 21.4 Å². The Hall–Kier alpha value is -2.12. The summed E-state index contributed by atoms with van der Waals surface area (Å²) in [4.78, 5) is 12.2. The molecule has 0 unspecified atom stereocenters. The van der Waals surface area contributed by atoms with Crippen molar-refractivity contribution in [2.45, 2.75) is 26.9 Å². The molecule has 1 N–H and O–H groups in total. The Kier molecular flexibility index (Phi) is 5.24. The van der Waals surface area contributed by atoms with Gasteiger partial charge in [0.05, 0.1) is 16.7 Å². The van der Waals surface area contributed by atoms with Gasteiger partial charge in [0.25, 0.3) is 0 Å². The minimum Gasteiger partial charge on any atom is -0.308 e. The van der Waals surface area contributed by atoms with Gasteiger partial charge in [0.15, 0.2) is 5.82 Å². The number of rotatable bonds is 5. The molecule has 0 aliphatic carbocycles. The smallest absolute Gasteiger partial charge is 0.247 e. The first-order valence-electron chi connectivity index (χ1n) is 7.69. The zero-order chi connectivity index (χ0) is 18.0. The maximum absolute atomic E-state index is 12.2. The van der Waals surface area contributed by atoms with Crippen molar-refractivity contribution in [1.29, 1.82) is 0 Å². The molecule has 0 saturated heterocycles. The molecule has 0 saturated carbocycles. The van der Waals surface area contributed by atoms with Gasteiger partial charge in [0.2, 0.25) is 5.91 Å². The second-order valence-corrected chi connectivity index (χ2v) is 6.99. The quantitative estimate of drug-likeness (QED) is 0.680. The highest BCUT2D eigenvalue weighted by Gasteiger charge is 2.11. The molecular weight excluding hydrogens is 406 g/mol. The minimum atomic E-state index is -0.183. The third kappa shape index (κ3) is 4.29. The number of hydrogen-bond donors (Lipinski definition) is 1. The summed E-state index contributed by atoms with van der Waals surface area (Å²) in [6, 6.07) is 9.47. The van der Waals surface area contributed by atoms with Gasteiger partial charge >= 0.3 is 0 Å². The van der Waals surface area contributed by atoms with Crippen LogP contribution in [0.15, 0.2) is 41.0 Å². The fourth-order valence-corrected chi connectivity index (χ4v) is 2.93. The highest BCUT2D eigenvalue weighted by atomic mass is 79.9. The molecule has 0 bridgehead atoms. The number of amides is 1. The molecule has 0 spiro atoms. The van der Waals surface area contributed by atoms with E-state index in [1.54, 1.807) is 10.9 Å². The third-order valence-corrected chi connectivity index (χ3v) is 4.87. The van der Waals surface area contributed by atoms with Gasteiger partial charge in [-0.05, 0) is 41.4 Å². The largest absolute Gasteiger partial charge is 0.308 e.